The third-order valence-electron chi connectivity index (χ3n) is 5.18. The van der Waals surface area contributed by atoms with Crippen LogP contribution in [0.4, 0.5) is 0 Å². The summed E-state index contributed by atoms with van der Waals surface area (Å²) in [6.45, 7) is 0. The average molecular weight is 368 g/mol. The Labute approximate surface area is 153 Å². The summed E-state index contributed by atoms with van der Waals surface area (Å²) in [4.78, 5) is 4.39. The first-order valence-corrected chi connectivity index (χ1v) is 10.0. The summed E-state index contributed by atoms with van der Waals surface area (Å²) in [5.41, 5.74) is 4.12. The number of rotatable bonds is 4. The molecule has 1 saturated carbocycles. The first kappa shape index (κ1) is 17.0. The van der Waals surface area contributed by atoms with Crippen molar-refractivity contribution >= 4 is 21.2 Å². The van der Waals surface area contributed by atoms with Crippen LogP contribution in [-0.2, 0) is 10.0 Å². The van der Waals surface area contributed by atoms with Crippen molar-refractivity contribution in [3.05, 3.63) is 66.0 Å². The van der Waals surface area contributed by atoms with Crippen molar-refractivity contribution in [1.82, 2.24) is 4.98 Å². The molecule has 0 saturated heterocycles. The second-order valence-corrected chi connectivity index (χ2v) is 8.42. The van der Waals surface area contributed by atoms with E-state index in [-0.39, 0.29) is 10.3 Å². The molecular weight excluding hydrogens is 348 g/mol. The number of nitrogens with two attached hydrogens (primary N) is 1. The molecule has 2 aliphatic rings. The van der Waals surface area contributed by atoms with Crippen molar-refractivity contribution in [2.24, 2.45) is 10.6 Å². The van der Waals surface area contributed by atoms with Crippen LogP contribution in [0, 0.1) is 5.41 Å². The number of allylic oxidation sites excluding steroid dienone is 4. The number of pyridine rings is 1. The zero-order valence-corrected chi connectivity index (χ0v) is 15.3. The zero-order valence-electron chi connectivity index (χ0n) is 14.5. The van der Waals surface area contributed by atoms with E-state index in [4.69, 9.17) is 9.88 Å². The van der Waals surface area contributed by atoms with Gasteiger partial charge in [-0.25, -0.2) is 13.6 Å². The van der Waals surface area contributed by atoms with Gasteiger partial charge in [0.2, 0.25) is 10.0 Å². The molecule has 0 bridgehead atoms. The minimum atomic E-state index is -3.74. The van der Waals surface area contributed by atoms with Gasteiger partial charge in [0.1, 0.15) is 10.6 Å². The summed E-state index contributed by atoms with van der Waals surface area (Å²) in [6, 6.07) is 11.2. The largest absolute Gasteiger partial charge is 0.497 e. The van der Waals surface area contributed by atoms with E-state index < -0.39 is 10.0 Å². The standard InChI is InChI=1S/C20H20N2O3S/c1-25-15-5-3-14(4-6-15)17-11-20(9-2-10-20)12-18(17)19-8-7-16(13-22-19)26(21,23)24/h3-8,11-13H,2,9-10H2,1H3,(H2,21,23,24). The van der Waals surface area contributed by atoms with Gasteiger partial charge in [-0.3, -0.25) is 4.98 Å². The van der Waals surface area contributed by atoms with Gasteiger partial charge in [-0.1, -0.05) is 30.7 Å². The minimum absolute atomic E-state index is 0.0215. The highest BCUT2D eigenvalue weighted by atomic mass is 32.2. The van der Waals surface area contributed by atoms with Gasteiger partial charge >= 0.3 is 0 Å². The first-order valence-electron chi connectivity index (χ1n) is 8.50. The van der Waals surface area contributed by atoms with Crippen LogP contribution in [0.15, 0.2) is 59.6 Å². The van der Waals surface area contributed by atoms with Gasteiger partial charge in [-0.05, 0) is 48.2 Å². The summed E-state index contributed by atoms with van der Waals surface area (Å²) in [6.07, 6.45) is 9.39. The molecule has 0 radical (unpaired) electrons. The normalized spacial score (nSPS) is 18.2. The van der Waals surface area contributed by atoms with Crippen molar-refractivity contribution in [3.8, 4) is 5.75 Å². The van der Waals surface area contributed by atoms with Gasteiger partial charge in [0, 0.05) is 17.2 Å². The van der Waals surface area contributed by atoms with E-state index >= 15 is 0 Å². The molecule has 5 nitrogen and oxygen atoms in total. The molecule has 134 valence electrons. The van der Waals surface area contributed by atoms with Crippen LogP contribution in [0.25, 0.3) is 11.1 Å². The molecule has 0 amide bonds. The molecule has 2 aliphatic carbocycles. The number of hydrogen-bond acceptors (Lipinski definition) is 4. The second kappa shape index (κ2) is 6.07. The molecule has 1 aromatic carbocycles. The number of benzene rings is 1. The number of nitrogens with zero attached hydrogens (tertiary/aromatic N) is 1. The maximum atomic E-state index is 11.5. The number of primary sulfonamides is 1. The molecule has 1 spiro atoms. The van der Waals surface area contributed by atoms with E-state index in [0.717, 1.165) is 41.0 Å². The minimum Gasteiger partial charge on any atom is -0.497 e. The highest BCUT2D eigenvalue weighted by molar-refractivity contribution is 7.89. The molecule has 0 atom stereocenters. The summed E-state index contributed by atoms with van der Waals surface area (Å²) < 4.78 is 28.2. The molecule has 2 N–H and O–H groups in total. The molecule has 1 aromatic heterocycles. The quantitative estimate of drug-likeness (QED) is 0.897. The van der Waals surface area contributed by atoms with E-state index in [1.54, 1.807) is 13.2 Å². The Morgan fingerprint density at radius 1 is 1.04 bits per heavy atom. The van der Waals surface area contributed by atoms with Crippen LogP contribution < -0.4 is 9.88 Å². The van der Waals surface area contributed by atoms with Crippen molar-refractivity contribution in [1.29, 1.82) is 0 Å². The molecular formula is C20H20N2O3S. The lowest BCUT2D eigenvalue weighted by Gasteiger charge is -2.34. The fourth-order valence-corrected chi connectivity index (χ4v) is 4.03. The second-order valence-electron chi connectivity index (χ2n) is 6.86. The lowest BCUT2D eigenvalue weighted by Crippen LogP contribution is -2.22. The Balaban J connectivity index is 1.75. The lowest BCUT2D eigenvalue weighted by atomic mass is 9.70. The van der Waals surface area contributed by atoms with E-state index in [0.29, 0.717) is 0 Å². The molecule has 1 heterocycles. The number of aromatic nitrogens is 1. The summed E-state index contributed by atoms with van der Waals surface area (Å²) in [5.74, 6) is 0.812. The molecule has 4 rings (SSSR count). The molecule has 26 heavy (non-hydrogen) atoms. The predicted molar refractivity (Wildman–Crippen MR) is 101 cm³/mol. The van der Waals surface area contributed by atoms with Crippen LogP contribution in [0.2, 0.25) is 0 Å². The maximum absolute atomic E-state index is 11.5. The lowest BCUT2D eigenvalue weighted by molar-refractivity contribution is 0.282. The Morgan fingerprint density at radius 2 is 1.73 bits per heavy atom. The van der Waals surface area contributed by atoms with Gasteiger partial charge in [0.05, 0.1) is 12.8 Å². The summed E-state index contributed by atoms with van der Waals surface area (Å²) in [7, 11) is -2.09. The van der Waals surface area contributed by atoms with E-state index in [9.17, 15) is 8.42 Å². The molecule has 0 aliphatic heterocycles. The average Bonchev–Trinajstić information content (AvgIpc) is 3.03. The molecule has 1 fully saturated rings. The Bertz CT molecular complexity index is 1000. The molecule has 2 aromatic rings. The van der Waals surface area contributed by atoms with Crippen LogP contribution in [0.5, 0.6) is 5.75 Å². The number of methoxy groups -OCH3 is 1. The Hall–Kier alpha value is -2.44. The van der Waals surface area contributed by atoms with Crippen molar-refractivity contribution in [3.63, 3.8) is 0 Å². The summed E-state index contributed by atoms with van der Waals surface area (Å²) >= 11 is 0. The smallest absolute Gasteiger partial charge is 0.239 e. The zero-order chi connectivity index (χ0) is 18.4. The van der Waals surface area contributed by atoms with Crippen LogP contribution in [0.1, 0.15) is 30.5 Å². The van der Waals surface area contributed by atoms with Gasteiger partial charge in [-0.2, -0.15) is 0 Å². The van der Waals surface area contributed by atoms with Crippen molar-refractivity contribution in [2.45, 2.75) is 24.2 Å². The third-order valence-corrected chi connectivity index (χ3v) is 6.08. The van der Waals surface area contributed by atoms with Crippen LogP contribution >= 0.6 is 0 Å². The number of sulfonamides is 1. The van der Waals surface area contributed by atoms with Gasteiger partial charge < -0.3 is 4.74 Å². The predicted octanol–water partition coefficient (Wildman–Crippen LogP) is 3.39. The number of ether oxygens (including phenoxy) is 1. The van der Waals surface area contributed by atoms with Crippen LogP contribution in [0.3, 0.4) is 0 Å². The van der Waals surface area contributed by atoms with Crippen molar-refractivity contribution < 1.29 is 13.2 Å². The monoisotopic (exact) mass is 368 g/mol. The maximum Gasteiger partial charge on any atom is 0.239 e. The first-order chi connectivity index (χ1) is 12.4. The summed E-state index contributed by atoms with van der Waals surface area (Å²) in [5, 5.41) is 5.17. The fraction of sp³-hybridized carbons (Fsp3) is 0.250. The van der Waals surface area contributed by atoms with E-state index in [2.05, 4.69) is 17.1 Å². The highest BCUT2D eigenvalue weighted by Gasteiger charge is 2.38. The Morgan fingerprint density at radius 3 is 2.23 bits per heavy atom. The van der Waals surface area contributed by atoms with Crippen LogP contribution in [-0.4, -0.2) is 20.5 Å². The van der Waals surface area contributed by atoms with Gasteiger partial charge in [0.25, 0.3) is 0 Å². The number of hydrogen-bond donors (Lipinski definition) is 1. The Kier molecular flexibility index (Phi) is 3.97. The van der Waals surface area contributed by atoms with Crippen molar-refractivity contribution in [2.75, 3.05) is 7.11 Å². The molecule has 0 unspecified atom stereocenters. The van der Waals surface area contributed by atoms with E-state index in [1.165, 1.54) is 18.7 Å². The SMILES string of the molecule is COc1ccc(C2=CC3(C=C2c2ccc(S(N)(=O)=O)cn2)CCC3)cc1. The van der Waals surface area contributed by atoms with Gasteiger partial charge in [0.15, 0.2) is 0 Å². The third kappa shape index (κ3) is 2.95. The van der Waals surface area contributed by atoms with Gasteiger partial charge in [-0.15, -0.1) is 0 Å². The van der Waals surface area contributed by atoms with E-state index in [1.807, 2.05) is 24.3 Å². The fourth-order valence-electron chi connectivity index (χ4n) is 3.58. The highest BCUT2D eigenvalue weighted by Crippen LogP contribution is 2.53. The topological polar surface area (TPSA) is 82.3 Å². The molecule has 6 heteroatoms.